The molecule has 26 heavy (non-hydrogen) atoms. The minimum absolute atomic E-state index is 0.215. The zero-order valence-corrected chi connectivity index (χ0v) is 14.6. The Morgan fingerprint density at radius 3 is 2.27 bits per heavy atom. The first-order valence-corrected chi connectivity index (χ1v) is 8.56. The van der Waals surface area contributed by atoms with Gasteiger partial charge in [0.1, 0.15) is 5.75 Å². The Hall–Kier alpha value is -3.02. The van der Waals surface area contributed by atoms with Gasteiger partial charge >= 0.3 is 12.0 Å². The summed E-state index contributed by atoms with van der Waals surface area (Å²) in [6.07, 6.45) is 0.513. The molecule has 2 amide bonds. The average molecular weight is 354 g/mol. The summed E-state index contributed by atoms with van der Waals surface area (Å²) in [5.41, 5.74) is 3.18. The van der Waals surface area contributed by atoms with Gasteiger partial charge in [-0.25, -0.2) is 4.79 Å². The molecular formula is C20H22N2O4. The van der Waals surface area contributed by atoms with Crippen LogP contribution < -0.4 is 10.1 Å². The summed E-state index contributed by atoms with van der Waals surface area (Å²) in [6.45, 7) is 1.17. The van der Waals surface area contributed by atoms with Gasteiger partial charge in [-0.15, -0.1) is 0 Å². The van der Waals surface area contributed by atoms with Crippen LogP contribution in [0.1, 0.15) is 12.0 Å². The number of benzene rings is 2. The second-order valence-electron chi connectivity index (χ2n) is 6.35. The van der Waals surface area contributed by atoms with E-state index in [1.165, 1.54) is 0 Å². The normalized spacial score (nSPS) is 16.3. The number of nitrogens with one attached hydrogen (secondary N) is 1. The molecule has 2 N–H and O–H groups in total. The van der Waals surface area contributed by atoms with Gasteiger partial charge in [-0.05, 0) is 35.2 Å². The number of carbonyl (C=O) groups is 2. The Morgan fingerprint density at radius 1 is 1.12 bits per heavy atom. The fourth-order valence-electron chi connectivity index (χ4n) is 3.03. The lowest BCUT2D eigenvalue weighted by molar-refractivity contribution is -0.141. The van der Waals surface area contributed by atoms with E-state index in [0.29, 0.717) is 19.5 Å². The Bertz CT molecular complexity index is 771. The Labute approximate surface area is 152 Å². The summed E-state index contributed by atoms with van der Waals surface area (Å²) in [5, 5.41) is 11.9. The van der Waals surface area contributed by atoms with Crippen LogP contribution in [0.5, 0.6) is 5.75 Å². The summed E-state index contributed by atoms with van der Waals surface area (Å²) in [4.78, 5) is 24.7. The zero-order chi connectivity index (χ0) is 18.5. The molecule has 1 atom stereocenters. The maximum Gasteiger partial charge on any atom is 0.317 e. The van der Waals surface area contributed by atoms with Crippen LogP contribution in [0.2, 0.25) is 0 Å². The lowest BCUT2D eigenvalue weighted by Crippen LogP contribution is -2.38. The monoisotopic (exact) mass is 354 g/mol. The number of amides is 2. The SMILES string of the molecule is COc1ccc(-c2ccc(CNC(=O)N3CCC(C(=O)O)C3)cc2)cc1. The summed E-state index contributed by atoms with van der Waals surface area (Å²) in [7, 11) is 1.64. The number of aliphatic carboxylic acids is 1. The fraction of sp³-hybridized carbons (Fsp3) is 0.300. The summed E-state index contributed by atoms with van der Waals surface area (Å²) < 4.78 is 5.16. The predicted molar refractivity (Wildman–Crippen MR) is 98.0 cm³/mol. The maximum atomic E-state index is 12.1. The van der Waals surface area contributed by atoms with Crippen molar-refractivity contribution in [3.05, 3.63) is 54.1 Å². The third-order valence-electron chi connectivity index (χ3n) is 4.65. The van der Waals surface area contributed by atoms with Gasteiger partial charge in [0.05, 0.1) is 13.0 Å². The molecule has 1 unspecified atom stereocenters. The van der Waals surface area contributed by atoms with Crippen molar-refractivity contribution in [3.8, 4) is 16.9 Å². The van der Waals surface area contributed by atoms with Gasteiger partial charge in [-0.2, -0.15) is 0 Å². The van der Waals surface area contributed by atoms with Crippen LogP contribution in [0.3, 0.4) is 0 Å². The summed E-state index contributed by atoms with van der Waals surface area (Å²) in [5.74, 6) is -0.473. The van der Waals surface area contributed by atoms with Crippen molar-refractivity contribution in [3.63, 3.8) is 0 Å². The van der Waals surface area contributed by atoms with Crippen molar-refractivity contribution in [1.29, 1.82) is 0 Å². The van der Waals surface area contributed by atoms with Gasteiger partial charge in [0.25, 0.3) is 0 Å². The number of hydrogen-bond donors (Lipinski definition) is 2. The second kappa shape index (κ2) is 7.91. The van der Waals surface area contributed by atoms with Gasteiger partial charge in [-0.3, -0.25) is 4.79 Å². The summed E-state index contributed by atoms with van der Waals surface area (Å²) in [6, 6.07) is 15.6. The lowest BCUT2D eigenvalue weighted by Gasteiger charge is -2.16. The first-order chi connectivity index (χ1) is 12.6. The molecule has 0 spiro atoms. The van der Waals surface area contributed by atoms with Crippen LogP contribution in [-0.4, -0.2) is 42.2 Å². The van der Waals surface area contributed by atoms with E-state index in [1.807, 2.05) is 48.5 Å². The molecule has 6 heteroatoms. The average Bonchev–Trinajstić information content (AvgIpc) is 3.17. The quantitative estimate of drug-likeness (QED) is 0.865. The van der Waals surface area contributed by atoms with Crippen molar-refractivity contribution in [2.45, 2.75) is 13.0 Å². The molecular weight excluding hydrogens is 332 g/mol. The third kappa shape index (κ3) is 4.14. The van der Waals surface area contributed by atoms with Crippen molar-refractivity contribution in [2.75, 3.05) is 20.2 Å². The van der Waals surface area contributed by atoms with E-state index in [2.05, 4.69) is 5.32 Å². The van der Waals surface area contributed by atoms with Crippen LogP contribution in [-0.2, 0) is 11.3 Å². The van der Waals surface area contributed by atoms with E-state index >= 15 is 0 Å². The highest BCUT2D eigenvalue weighted by Gasteiger charge is 2.30. The number of rotatable bonds is 5. The number of carboxylic acid groups (broad SMARTS) is 1. The standard InChI is InChI=1S/C20H22N2O4/c1-26-18-8-6-16(7-9-18)15-4-2-14(3-5-15)12-21-20(25)22-11-10-17(13-22)19(23)24/h2-9,17H,10-13H2,1H3,(H,21,25)(H,23,24). The lowest BCUT2D eigenvalue weighted by atomic mass is 10.0. The van der Waals surface area contributed by atoms with Crippen molar-refractivity contribution in [1.82, 2.24) is 10.2 Å². The van der Waals surface area contributed by atoms with E-state index in [0.717, 1.165) is 22.4 Å². The molecule has 0 saturated carbocycles. The third-order valence-corrected chi connectivity index (χ3v) is 4.65. The van der Waals surface area contributed by atoms with Gasteiger partial charge in [-0.1, -0.05) is 36.4 Å². The highest BCUT2D eigenvalue weighted by molar-refractivity contribution is 5.77. The number of urea groups is 1. The molecule has 1 heterocycles. The molecule has 1 saturated heterocycles. The first-order valence-electron chi connectivity index (χ1n) is 8.56. The predicted octanol–water partition coefficient (Wildman–Crippen LogP) is 2.98. The smallest absolute Gasteiger partial charge is 0.317 e. The van der Waals surface area contributed by atoms with E-state index in [9.17, 15) is 9.59 Å². The Balaban J connectivity index is 1.54. The number of likely N-dealkylation sites (tertiary alicyclic amines) is 1. The fourth-order valence-corrected chi connectivity index (χ4v) is 3.03. The molecule has 3 rings (SSSR count). The Morgan fingerprint density at radius 2 is 1.73 bits per heavy atom. The van der Waals surface area contributed by atoms with Crippen LogP contribution in [0.15, 0.2) is 48.5 Å². The molecule has 1 fully saturated rings. The molecule has 2 aromatic carbocycles. The van der Waals surface area contributed by atoms with Crippen molar-refractivity contribution >= 4 is 12.0 Å². The molecule has 2 aromatic rings. The largest absolute Gasteiger partial charge is 0.497 e. The Kier molecular flexibility index (Phi) is 5.41. The number of ether oxygens (including phenoxy) is 1. The number of nitrogens with zero attached hydrogens (tertiary/aromatic N) is 1. The minimum Gasteiger partial charge on any atom is -0.497 e. The van der Waals surface area contributed by atoms with Crippen molar-refractivity contribution < 1.29 is 19.4 Å². The van der Waals surface area contributed by atoms with Gasteiger partial charge in [0.15, 0.2) is 0 Å². The van der Waals surface area contributed by atoms with Crippen LogP contribution in [0.25, 0.3) is 11.1 Å². The highest BCUT2D eigenvalue weighted by Crippen LogP contribution is 2.23. The molecule has 0 aliphatic carbocycles. The molecule has 0 bridgehead atoms. The van der Waals surface area contributed by atoms with Gasteiger partial charge in [0, 0.05) is 19.6 Å². The topological polar surface area (TPSA) is 78.9 Å². The molecule has 0 radical (unpaired) electrons. The number of methoxy groups -OCH3 is 1. The van der Waals surface area contributed by atoms with E-state index in [1.54, 1.807) is 12.0 Å². The molecule has 136 valence electrons. The van der Waals surface area contributed by atoms with Crippen LogP contribution in [0.4, 0.5) is 4.79 Å². The second-order valence-corrected chi connectivity index (χ2v) is 6.35. The number of carbonyl (C=O) groups excluding carboxylic acids is 1. The van der Waals surface area contributed by atoms with E-state index in [4.69, 9.17) is 9.84 Å². The molecule has 1 aliphatic heterocycles. The van der Waals surface area contributed by atoms with E-state index < -0.39 is 11.9 Å². The highest BCUT2D eigenvalue weighted by atomic mass is 16.5. The first kappa shape index (κ1) is 17.8. The maximum absolute atomic E-state index is 12.1. The number of carboxylic acids is 1. The molecule has 6 nitrogen and oxygen atoms in total. The van der Waals surface area contributed by atoms with Crippen LogP contribution >= 0.6 is 0 Å². The van der Waals surface area contributed by atoms with Crippen molar-refractivity contribution in [2.24, 2.45) is 5.92 Å². The number of hydrogen-bond acceptors (Lipinski definition) is 3. The molecule has 1 aliphatic rings. The minimum atomic E-state index is -0.838. The zero-order valence-electron chi connectivity index (χ0n) is 14.6. The van der Waals surface area contributed by atoms with Gasteiger partial charge < -0.3 is 20.1 Å². The molecule has 0 aromatic heterocycles. The van der Waals surface area contributed by atoms with Crippen LogP contribution in [0, 0.1) is 5.92 Å². The van der Waals surface area contributed by atoms with Gasteiger partial charge in [0.2, 0.25) is 0 Å². The van der Waals surface area contributed by atoms with E-state index in [-0.39, 0.29) is 12.6 Å². The summed E-state index contributed by atoms with van der Waals surface area (Å²) >= 11 is 0.